The van der Waals surface area contributed by atoms with Crippen molar-refractivity contribution >= 4 is 28.6 Å². The normalized spacial score (nSPS) is 10.5. The van der Waals surface area contributed by atoms with Crippen molar-refractivity contribution in [2.75, 3.05) is 30.8 Å². The van der Waals surface area contributed by atoms with Gasteiger partial charge in [0.05, 0.1) is 17.6 Å². The SMILES string of the molecule is CCCN(CC(=O)NC)c1nc2ccccc2nc1N. The number of likely N-dealkylation sites (N-methyl/N-ethyl adjacent to an activating group) is 1. The van der Waals surface area contributed by atoms with Crippen LogP contribution in [-0.4, -0.2) is 36.0 Å². The second kappa shape index (κ2) is 6.18. The molecule has 0 saturated heterocycles. The smallest absolute Gasteiger partial charge is 0.239 e. The number of nitrogens with two attached hydrogens (primary N) is 1. The average Bonchev–Trinajstić information content (AvgIpc) is 2.46. The van der Waals surface area contributed by atoms with Crippen molar-refractivity contribution in [3.8, 4) is 0 Å². The molecule has 1 aromatic carbocycles. The van der Waals surface area contributed by atoms with Crippen LogP contribution in [0.25, 0.3) is 11.0 Å². The Labute approximate surface area is 118 Å². The van der Waals surface area contributed by atoms with Gasteiger partial charge in [0.25, 0.3) is 0 Å². The Hall–Kier alpha value is -2.37. The number of carbonyl (C=O) groups is 1. The lowest BCUT2D eigenvalue weighted by Gasteiger charge is -2.23. The molecule has 0 radical (unpaired) electrons. The maximum Gasteiger partial charge on any atom is 0.239 e. The van der Waals surface area contributed by atoms with E-state index in [-0.39, 0.29) is 12.5 Å². The van der Waals surface area contributed by atoms with E-state index in [0.29, 0.717) is 18.2 Å². The molecule has 1 aromatic heterocycles. The van der Waals surface area contributed by atoms with E-state index in [1.807, 2.05) is 36.1 Å². The second-order valence-electron chi connectivity index (χ2n) is 4.52. The first-order valence-electron chi connectivity index (χ1n) is 6.63. The molecule has 0 spiro atoms. The van der Waals surface area contributed by atoms with Gasteiger partial charge >= 0.3 is 0 Å². The van der Waals surface area contributed by atoms with Crippen molar-refractivity contribution in [2.45, 2.75) is 13.3 Å². The fourth-order valence-electron chi connectivity index (χ4n) is 2.02. The Morgan fingerprint density at radius 3 is 2.55 bits per heavy atom. The van der Waals surface area contributed by atoms with E-state index < -0.39 is 0 Å². The summed E-state index contributed by atoms with van der Waals surface area (Å²) in [5.41, 5.74) is 7.52. The van der Waals surface area contributed by atoms with Crippen LogP contribution < -0.4 is 16.0 Å². The topological polar surface area (TPSA) is 84.1 Å². The van der Waals surface area contributed by atoms with Crippen LogP contribution in [0.1, 0.15) is 13.3 Å². The highest BCUT2D eigenvalue weighted by atomic mass is 16.1. The van der Waals surface area contributed by atoms with E-state index in [2.05, 4.69) is 15.3 Å². The highest BCUT2D eigenvalue weighted by Crippen LogP contribution is 2.22. The number of amides is 1. The van der Waals surface area contributed by atoms with Gasteiger partial charge in [0.2, 0.25) is 5.91 Å². The molecule has 106 valence electrons. The Bertz CT molecular complexity index is 614. The number of nitrogen functional groups attached to an aromatic ring is 1. The minimum atomic E-state index is -0.0761. The summed E-state index contributed by atoms with van der Waals surface area (Å²) in [7, 11) is 1.61. The van der Waals surface area contributed by atoms with E-state index in [1.54, 1.807) is 7.05 Å². The molecule has 0 aliphatic rings. The summed E-state index contributed by atoms with van der Waals surface area (Å²) < 4.78 is 0. The second-order valence-corrected chi connectivity index (χ2v) is 4.52. The van der Waals surface area contributed by atoms with Crippen LogP contribution in [0.4, 0.5) is 11.6 Å². The summed E-state index contributed by atoms with van der Waals surface area (Å²) in [6.45, 7) is 2.97. The predicted molar refractivity (Wildman–Crippen MR) is 80.5 cm³/mol. The summed E-state index contributed by atoms with van der Waals surface area (Å²) in [5.74, 6) is 0.836. The first kappa shape index (κ1) is 14.0. The summed E-state index contributed by atoms with van der Waals surface area (Å²) in [4.78, 5) is 22.4. The number of rotatable bonds is 5. The highest BCUT2D eigenvalue weighted by Gasteiger charge is 2.16. The van der Waals surface area contributed by atoms with Crippen molar-refractivity contribution in [1.29, 1.82) is 0 Å². The van der Waals surface area contributed by atoms with Crippen LogP contribution in [0.3, 0.4) is 0 Å². The zero-order chi connectivity index (χ0) is 14.5. The molecule has 0 aliphatic heterocycles. The van der Waals surface area contributed by atoms with Gasteiger partial charge in [-0.1, -0.05) is 19.1 Å². The van der Waals surface area contributed by atoms with Gasteiger partial charge in [-0.25, -0.2) is 9.97 Å². The Morgan fingerprint density at radius 1 is 1.30 bits per heavy atom. The molecule has 0 atom stereocenters. The molecule has 2 rings (SSSR count). The number of hydrogen-bond donors (Lipinski definition) is 2. The minimum Gasteiger partial charge on any atom is -0.381 e. The molecule has 2 aromatic rings. The van der Waals surface area contributed by atoms with Crippen molar-refractivity contribution < 1.29 is 4.79 Å². The van der Waals surface area contributed by atoms with Gasteiger partial charge in [-0.3, -0.25) is 4.79 Å². The minimum absolute atomic E-state index is 0.0761. The van der Waals surface area contributed by atoms with Gasteiger partial charge in [0.1, 0.15) is 0 Å². The van der Waals surface area contributed by atoms with Crippen LogP contribution in [0.2, 0.25) is 0 Å². The number of anilines is 2. The lowest BCUT2D eigenvalue weighted by Crippen LogP contribution is -2.37. The largest absolute Gasteiger partial charge is 0.381 e. The fraction of sp³-hybridized carbons (Fsp3) is 0.357. The van der Waals surface area contributed by atoms with Crippen LogP contribution in [0.5, 0.6) is 0 Å². The van der Waals surface area contributed by atoms with Crippen LogP contribution in [-0.2, 0) is 4.79 Å². The van der Waals surface area contributed by atoms with Crippen molar-refractivity contribution in [3.63, 3.8) is 0 Å². The molecule has 1 heterocycles. The molecule has 0 aliphatic carbocycles. The van der Waals surface area contributed by atoms with Crippen molar-refractivity contribution in [1.82, 2.24) is 15.3 Å². The maximum absolute atomic E-state index is 11.6. The predicted octanol–water partition coefficient (Wildman–Crippen LogP) is 1.17. The molecule has 0 saturated carbocycles. The van der Waals surface area contributed by atoms with E-state index in [9.17, 15) is 4.79 Å². The molecule has 6 nitrogen and oxygen atoms in total. The number of hydrogen-bond acceptors (Lipinski definition) is 5. The first-order chi connectivity index (χ1) is 9.65. The van der Waals surface area contributed by atoms with Crippen LogP contribution in [0, 0.1) is 0 Å². The highest BCUT2D eigenvalue weighted by molar-refractivity contribution is 5.84. The monoisotopic (exact) mass is 273 g/mol. The van der Waals surface area contributed by atoms with Gasteiger partial charge in [-0.2, -0.15) is 0 Å². The van der Waals surface area contributed by atoms with Crippen LogP contribution in [0.15, 0.2) is 24.3 Å². The number of fused-ring (bicyclic) bond motifs is 1. The number of para-hydroxylation sites is 2. The number of benzene rings is 1. The Balaban J connectivity index is 2.41. The molecule has 0 fully saturated rings. The zero-order valence-electron chi connectivity index (χ0n) is 11.8. The average molecular weight is 273 g/mol. The zero-order valence-corrected chi connectivity index (χ0v) is 11.8. The summed E-state index contributed by atoms with van der Waals surface area (Å²) in [5, 5.41) is 2.61. The standard InChI is InChI=1S/C14H19N5O/c1-3-8-19(9-12(20)16-2)14-13(15)17-10-6-4-5-7-11(10)18-14/h4-7H,3,8-9H2,1-2H3,(H2,15,17)(H,16,20). The fourth-order valence-corrected chi connectivity index (χ4v) is 2.02. The van der Waals surface area contributed by atoms with Crippen molar-refractivity contribution in [2.24, 2.45) is 0 Å². The van der Waals surface area contributed by atoms with Gasteiger partial charge in [0, 0.05) is 13.6 Å². The molecule has 20 heavy (non-hydrogen) atoms. The first-order valence-corrected chi connectivity index (χ1v) is 6.63. The van der Waals surface area contributed by atoms with Gasteiger partial charge in [-0.15, -0.1) is 0 Å². The number of aromatic nitrogens is 2. The van der Waals surface area contributed by atoms with Gasteiger partial charge in [-0.05, 0) is 18.6 Å². The molecular formula is C14H19N5O. The number of nitrogens with one attached hydrogen (secondary N) is 1. The third-order valence-corrected chi connectivity index (χ3v) is 2.98. The number of nitrogens with zero attached hydrogens (tertiary/aromatic N) is 3. The molecular weight excluding hydrogens is 254 g/mol. The molecule has 3 N–H and O–H groups in total. The molecule has 0 unspecified atom stereocenters. The Kier molecular flexibility index (Phi) is 4.34. The van der Waals surface area contributed by atoms with Crippen LogP contribution >= 0.6 is 0 Å². The lowest BCUT2D eigenvalue weighted by molar-refractivity contribution is -0.119. The Morgan fingerprint density at radius 2 is 1.95 bits per heavy atom. The summed E-state index contributed by atoms with van der Waals surface area (Å²) in [6, 6.07) is 7.55. The maximum atomic E-state index is 11.6. The van der Waals surface area contributed by atoms with E-state index in [0.717, 1.165) is 17.5 Å². The lowest BCUT2D eigenvalue weighted by atomic mass is 10.3. The summed E-state index contributed by atoms with van der Waals surface area (Å²) >= 11 is 0. The van der Waals surface area contributed by atoms with Crippen molar-refractivity contribution in [3.05, 3.63) is 24.3 Å². The molecule has 6 heteroatoms. The van der Waals surface area contributed by atoms with E-state index >= 15 is 0 Å². The summed E-state index contributed by atoms with van der Waals surface area (Å²) in [6.07, 6.45) is 0.894. The number of carbonyl (C=O) groups excluding carboxylic acids is 1. The third-order valence-electron chi connectivity index (χ3n) is 2.98. The molecule has 1 amide bonds. The molecule has 0 bridgehead atoms. The quantitative estimate of drug-likeness (QED) is 0.854. The van der Waals surface area contributed by atoms with Gasteiger partial charge in [0.15, 0.2) is 11.6 Å². The van der Waals surface area contributed by atoms with E-state index in [4.69, 9.17) is 5.73 Å². The van der Waals surface area contributed by atoms with Gasteiger partial charge < -0.3 is 16.0 Å². The van der Waals surface area contributed by atoms with E-state index in [1.165, 1.54) is 0 Å². The third kappa shape index (κ3) is 2.96.